The third-order valence-electron chi connectivity index (χ3n) is 2.50. The Balaban J connectivity index is 2.52. The van der Waals surface area contributed by atoms with Crippen LogP contribution in [0, 0.1) is 0 Å². The van der Waals surface area contributed by atoms with E-state index in [9.17, 15) is 18.0 Å². The number of ether oxygens (including phenoxy) is 1. The van der Waals surface area contributed by atoms with E-state index in [0.717, 1.165) is 6.20 Å². The Morgan fingerprint density at radius 2 is 2.14 bits per heavy atom. The van der Waals surface area contributed by atoms with Gasteiger partial charge < -0.3 is 4.74 Å². The molecule has 0 spiro atoms. The number of halogens is 3. The molecule has 0 N–H and O–H groups in total. The first kappa shape index (κ1) is 14.9. The third-order valence-corrected chi connectivity index (χ3v) is 2.50. The maximum atomic E-state index is 13.0. The summed E-state index contributed by atoms with van der Waals surface area (Å²) in [6.07, 6.45) is -2.45. The van der Waals surface area contributed by atoms with E-state index in [1.54, 1.807) is 13.2 Å². The molecular weight excluding hydrogens is 289 g/mol. The van der Waals surface area contributed by atoms with Crippen LogP contribution < -0.4 is 0 Å². The summed E-state index contributed by atoms with van der Waals surface area (Å²) in [6, 6.07) is 1.47. The summed E-state index contributed by atoms with van der Waals surface area (Å²) in [6.45, 7) is 1.45. The molecule has 0 radical (unpaired) electrons. The third kappa shape index (κ3) is 3.18. The molecule has 0 bridgehead atoms. The zero-order valence-electron chi connectivity index (χ0n) is 11.2. The van der Waals surface area contributed by atoms with Crippen molar-refractivity contribution in [2.45, 2.75) is 13.1 Å². The fraction of sp³-hybridized carbons (Fsp3) is 0.333. The first-order valence-electron chi connectivity index (χ1n) is 5.94. The molecule has 2 heterocycles. The molecule has 0 aliphatic carbocycles. The molecule has 6 nitrogen and oxygen atoms in total. The van der Waals surface area contributed by atoms with Crippen LogP contribution in [0.1, 0.15) is 23.0 Å². The van der Waals surface area contributed by atoms with Crippen LogP contribution in [0.5, 0.6) is 0 Å². The quantitative estimate of drug-likeness (QED) is 0.812. The average molecular weight is 300 g/mol. The van der Waals surface area contributed by atoms with Crippen molar-refractivity contribution in [1.82, 2.24) is 19.7 Å². The molecule has 0 aromatic carbocycles. The van der Waals surface area contributed by atoms with Gasteiger partial charge in [0.2, 0.25) is 0 Å². The highest BCUT2D eigenvalue weighted by Crippen LogP contribution is 2.31. The summed E-state index contributed by atoms with van der Waals surface area (Å²) in [5.74, 6) is -1.33. The molecule has 2 aromatic rings. The largest absolute Gasteiger partial charge is 0.462 e. The van der Waals surface area contributed by atoms with Crippen molar-refractivity contribution in [3.8, 4) is 11.5 Å². The number of rotatable bonds is 3. The monoisotopic (exact) mass is 300 g/mol. The number of hydrogen-bond donors (Lipinski definition) is 0. The van der Waals surface area contributed by atoms with Gasteiger partial charge >= 0.3 is 12.1 Å². The average Bonchev–Trinajstić information content (AvgIpc) is 2.84. The number of carbonyl (C=O) groups excluding carboxylic acids is 1. The Hall–Kier alpha value is -2.45. The molecule has 0 fully saturated rings. The maximum Gasteiger partial charge on any atom is 0.434 e. The molecule has 9 heteroatoms. The number of aryl methyl sites for hydroxylation is 1. The van der Waals surface area contributed by atoms with Crippen molar-refractivity contribution >= 4 is 5.97 Å². The van der Waals surface area contributed by atoms with Gasteiger partial charge in [0.05, 0.1) is 6.61 Å². The van der Waals surface area contributed by atoms with Crippen molar-refractivity contribution < 1.29 is 22.7 Å². The van der Waals surface area contributed by atoms with Crippen molar-refractivity contribution in [3.63, 3.8) is 0 Å². The second-order valence-electron chi connectivity index (χ2n) is 4.05. The van der Waals surface area contributed by atoms with Crippen LogP contribution in [0.15, 0.2) is 18.5 Å². The summed E-state index contributed by atoms with van der Waals surface area (Å²) in [5.41, 5.74) is -1.88. The number of aromatic nitrogens is 4. The summed E-state index contributed by atoms with van der Waals surface area (Å²) < 4.78 is 45.1. The molecule has 2 aromatic heterocycles. The lowest BCUT2D eigenvalue weighted by atomic mass is 10.2. The van der Waals surface area contributed by atoms with Crippen LogP contribution in [0.2, 0.25) is 0 Å². The topological polar surface area (TPSA) is 69.9 Å². The highest BCUT2D eigenvalue weighted by molar-refractivity contribution is 5.90. The van der Waals surface area contributed by atoms with Gasteiger partial charge in [-0.1, -0.05) is 0 Å². The standard InChI is InChI=1S/C12H11F3N4O2/c1-3-21-11(20)7-6-16-10(8-4-5-19(2)18-8)17-9(7)12(13,14)15/h4-6H,3H2,1-2H3. The zero-order valence-corrected chi connectivity index (χ0v) is 11.2. The first-order valence-corrected chi connectivity index (χ1v) is 5.94. The normalized spacial score (nSPS) is 11.5. The fourth-order valence-corrected chi connectivity index (χ4v) is 1.61. The van der Waals surface area contributed by atoms with Crippen LogP contribution in [0.4, 0.5) is 13.2 Å². The lowest BCUT2D eigenvalue weighted by Crippen LogP contribution is -2.18. The van der Waals surface area contributed by atoms with Crippen LogP contribution >= 0.6 is 0 Å². The molecular formula is C12H11F3N4O2. The van der Waals surface area contributed by atoms with E-state index in [0.29, 0.717) is 0 Å². The summed E-state index contributed by atoms with van der Waals surface area (Å²) in [4.78, 5) is 18.7. The van der Waals surface area contributed by atoms with Crippen molar-refractivity contribution in [1.29, 1.82) is 0 Å². The predicted molar refractivity (Wildman–Crippen MR) is 65.2 cm³/mol. The number of hydrogen-bond acceptors (Lipinski definition) is 5. The van der Waals surface area contributed by atoms with Crippen LogP contribution in [-0.2, 0) is 18.0 Å². The summed E-state index contributed by atoms with van der Waals surface area (Å²) in [7, 11) is 1.61. The molecule has 112 valence electrons. The molecule has 0 atom stereocenters. The highest BCUT2D eigenvalue weighted by atomic mass is 19.4. The molecule has 0 saturated carbocycles. The Morgan fingerprint density at radius 1 is 1.43 bits per heavy atom. The lowest BCUT2D eigenvalue weighted by Gasteiger charge is -2.11. The second kappa shape index (κ2) is 5.51. The SMILES string of the molecule is CCOC(=O)c1cnc(-c2ccn(C)n2)nc1C(F)(F)F. The Kier molecular flexibility index (Phi) is 3.92. The van der Waals surface area contributed by atoms with E-state index >= 15 is 0 Å². The molecule has 0 amide bonds. The Morgan fingerprint density at radius 3 is 2.67 bits per heavy atom. The second-order valence-corrected chi connectivity index (χ2v) is 4.05. The van der Waals surface area contributed by atoms with Gasteiger partial charge in [0.15, 0.2) is 11.5 Å². The number of esters is 1. The minimum Gasteiger partial charge on any atom is -0.462 e. The molecule has 0 saturated heterocycles. The first-order chi connectivity index (χ1) is 9.82. The van der Waals surface area contributed by atoms with Gasteiger partial charge in [-0.2, -0.15) is 18.3 Å². The van der Waals surface area contributed by atoms with Crippen molar-refractivity contribution in [2.24, 2.45) is 7.05 Å². The summed E-state index contributed by atoms with van der Waals surface area (Å²) >= 11 is 0. The number of nitrogens with zero attached hydrogens (tertiary/aromatic N) is 4. The number of alkyl halides is 3. The molecule has 0 unspecified atom stereocenters. The minimum absolute atomic E-state index is 0.0435. The lowest BCUT2D eigenvalue weighted by molar-refractivity contribution is -0.141. The van der Waals surface area contributed by atoms with Gasteiger partial charge in [-0.05, 0) is 13.0 Å². The highest BCUT2D eigenvalue weighted by Gasteiger charge is 2.38. The van der Waals surface area contributed by atoms with Gasteiger partial charge in [-0.25, -0.2) is 14.8 Å². The Bertz CT molecular complexity index is 667. The molecule has 2 rings (SSSR count). The van der Waals surface area contributed by atoms with Gasteiger partial charge in [0.25, 0.3) is 0 Å². The molecule has 0 aliphatic rings. The van der Waals surface area contributed by atoms with Crippen LogP contribution in [0.25, 0.3) is 11.5 Å². The smallest absolute Gasteiger partial charge is 0.434 e. The van der Waals surface area contributed by atoms with Crippen LogP contribution in [0.3, 0.4) is 0 Å². The molecule has 0 aliphatic heterocycles. The Labute approximate surface area is 117 Å². The van der Waals surface area contributed by atoms with E-state index < -0.39 is 23.4 Å². The van der Waals surface area contributed by atoms with Crippen molar-refractivity contribution in [2.75, 3.05) is 6.61 Å². The predicted octanol–water partition coefficient (Wildman–Crippen LogP) is 2.07. The van der Waals surface area contributed by atoms with E-state index in [-0.39, 0.29) is 18.1 Å². The van der Waals surface area contributed by atoms with Gasteiger partial charge in [-0.15, -0.1) is 0 Å². The van der Waals surface area contributed by atoms with Gasteiger partial charge in [0.1, 0.15) is 11.3 Å². The van der Waals surface area contributed by atoms with Crippen molar-refractivity contribution in [3.05, 3.63) is 29.7 Å². The van der Waals surface area contributed by atoms with Gasteiger partial charge in [-0.3, -0.25) is 4.68 Å². The summed E-state index contributed by atoms with van der Waals surface area (Å²) in [5, 5.41) is 3.92. The van der Waals surface area contributed by atoms with E-state index in [1.807, 2.05) is 0 Å². The zero-order chi connectivity index (χ0) is 15.6. The van der Waals surface area contributed by atoms with E-state index in [2.05, 4.69) is 19.8 Å². The molecule has 21 heavy (non-hydrogen) atoms. The minimum atomic E-state index is -4.80. The van der Waals surface area contributed by atoms with E-state index in [4.69, 9.17) is 0 Å². The van der Waals surface area contributed by atoms with Gasteiger partial charge in [0, 0.05) is 19.4 Å². The fourth-order valence-electron chi connectivity index (χ4n) is 1.61. The maximum absolute atomic E-state index is 13.0. The number of carbonyl (C=O) groups is 1. The van der Waals surface area contributed by atoms with Crippen LogP contribution in [-0.4, -0.2) is 32.3 Å². The van der Waals surface area contributed by atoms with E-state index in [1.165, 1.54) is 17.7 Å².